The van der Waals surface area contributed by atoms with Gasteiger partial charge < -0.3 is 20.3 Å². The van der Waals surface area contributed by atoms with Crippen molar-refractivity contribution in [2.45, 2.75) is 45.8 Å². The van der Waals surface area contributed by atoms with Crippen LogP contribution in [-0.4, -0.2) is 46.2 Å². The summed E-state index contributed by atoms with van der Waals surface area (Å²) >= 11 is 5.82. The highest BCUT2D eigenvalue weighted by Gasteiger charge is 2.26. The van der Waals surface area contributed by atoms with E-state index in [1.165, 1.54) is 12.4 Å². The van der Waals surface area contributed by atoms with Gasteiger partial charge in [-0.05, 0) is 58.2 Å². The Hall–Kier alpha value is -2.45. The van der Waals surface area contributed by atoms with E-state index in [0.717, 1.165) is 25.1 Å². The Morgan fingerprint density at radius 1 is 1.29 bits per heavy atom. The second-order valence-electron chi connectivity index (χ2n) is 8.66. The van der Waals surface area contributed by atoms with E-state index in [1.54, 1.807) is 23.1 Å². The first-order valence-electron chi connectivity index (χ1n) is 10.4. The molecule has 0 spiro atoms. The number of carbonyl (C=O) groups excluding carboxylic acids is 1. The van der Waals surface area contributed by atoms with Crippen LogP contribution >= 0.6 is 11.6 Å². The number of hydrogen-bond donors (Lipinski definition) is 2. The van der Waals surface area contributed by atoms with Crippen LogP contribution in [0, 0.1) is 11.7 Å². The van der Waals surface area contributed by atoms with Crippen molar-refractivity contribution < 1.29 is 13.9 Å². The number of halogens is 2. The molecule has 3 rings (SSSR count). The third-order valence-corrected chi connectivity index (χ3v) is 5.24. The highest BCUT2D eigenvalue weighted by molar-refractivity contribution is 6.31. The van der Waals surface area contributed by atoms with Gasteiger partial charge in [-0.1, -0.05) is 17.7 Å². The molecule has 0 atom stereocenters. The molecule has 0 saturated carbocycles. The van der Waals surface area contributed by atoms with Crippen molar-refractivity contribution >= 4 is 29.2 Å². The zero-order chi connectivity index (χ0) is 22.4. The van der Waals surface area contributed by atoms with E-state index in [9.17, 15) is 9.18 Å². The zero-order valence-electron chi connectivity index (χ0n) is 18.1. The average Bonchev–Trinajstić information content (AvgIpc) is 2.71. The standard InChI is InChI=1S/C22H29ClFN5O2/c1-22(2,3)31-21(30)29-9-7-15(8-10-29)12-25-13-16-11-19(27-14-26-16)28-18-6-4-5-17(23)20(18)24/h4-6,11,14-15,25H,7-10,12-13H2,1-3H3,(H,26,27,28). The average molecular weight is 450 g/mol. The van der Waals surface area contributed by atoms with E-state index < -0.39 is 11.4 Å². The molecule has 0 aliphatic carbocycles. The molecule has 7 nitrogen and oxygen atoms in total. The van der Waals surface area contributed by atoms with E-state index >= 15 is 0 Å². The molecule has 168 valence electrons. The number of carbonyl (C=O) groups is 1. The van der Waals surface area contributed by atoms with Crippen LogP contribution in [-0.2, 0) is 11.3 Å². The van der Waals surface area contributed by atoms with Gasteiger partial charge in [0.15, 0.2) is 5.82 Å². The van der Waals surface area contributed by atoms with Crippen molar-refractivity contribution in [2.75, 3.05) is 25.0 Å². The number of ether oxygens (including phenoxy) is 1. The minimum atomic E-state index is -0.514. The quantitative estimate of drug-likeness (QED) is 0.662. The molecule has 9 heteroatoms. The lowest BCUT2D eigenvalue weighted by molar-refractivity contribution is 0.0184. The molecule has 1 aromatic carbocycles. The molecule has 1 saturated heterocycles. The van der Waals surface area contributed by atoms with Gasteiger partial charge in [0.1, 0.15) is 17.7 Å². The fourth-order valence-electron chi connectivity index (χ4n) is 3.35. The molecule has 2 N–H and O–H groups in total. The Bertz CT molecular complexity index is 898. The van der Waals surface area contributed by atoms with Gasteiger partial charge >= 0.3 is 6.09 Å². The predicted octanol–water partition coefficient (Wildman–Crippen LogP) is 4.75. The van der Waals surface area contributed by atoms with Crippen LogP contribution in [0.5, 0.6) is 0 Å². The summed E-state index contributed by atoms with van der Waals surface area (Å²) in [6, 6.07) is 6.55. The Morgan fingerprint density at radius 3 is 2.74 bits per heavy atom. The molecular formula is C22H29ClFN5O2. The van der Waals surface area contributed by atoms with Crippen LogP contribution in [0.4, 0.5) is 20.7 Å². The molecule has 1 aliphatic heterocycles. The van der Waals surface area contributed by atoms with E-state index in [0.29, 0.717) is 31.4 Å². The molecule has 2 heterocycles. The normalized spacial score (nSPS) is 15.1. The van der Waals surface area contributed by atoms with Crippen molar-refractivity contribution in [1.29, 1.82) is 0 Å². The summed E-state index contributed by atoms with van der Waals surface area (Å²) in [6.07, 6.45) is 3.06. The molecule has 0 bridgehead atoms. The second kappa shape index (κ2) is 10.2. The smallest absolute Gasteiger partial charge is 0.410 e. The Balaban J connectivity index is 1.44. The predicted molar refractivity (Wildman–Crippen MR) is 119 cm³/mol. The minimum absolute atomic E-state index is 0.0543. The van der Waals surface area contributed by atoms with Gasteiger partial charge in [0, 0.05) is 25.7 Å². The second-order valence-corrected chi connectivity index (χ2v) is 9.07. The highest BCUT2D eigenvalue weighted by atomic mass is 35.5. The van der Waals surface area contributed by atoms with Crippen LogP contribution in [0.2, 0.25) is 5.02 Å². The van der Waals surface area contributed by atoms with Crippen LogP contribution in [0.1, 0.15) is 39.3 Å². The SMILES string of the molecule is CC(C)(C)OC(=O)N1CCC(CNCc2cc(Nc3cccc(Cl)c3F)ncn2)CC1. The van der Waals surface area contributed by atoms with Crippen molar-refractivity contribution in [2.24, 2.45) is 5.92 Å². The van der Waals surface area contributed by atoms with Gasteiger partial charge in [-0.25, -0.2) is 19.2 Å². The topological polar surface area (TPSA) is 79.4 Å². The van der Waals surface area contributed by atoms with Gasteiger partial charge in [0.25, 0.3) is 0 Å². The first-order valence-corrected chi connectivity index (χ1v) is 10.8. The Kier molecular flexibility index (Phi) is 7.67. The summed E-state index contributed by atoms with van der Waals surface area (Å²) < 4.78 is 19.5. The molecule has 1 aliphatic rings. The van der Waals surface area contributed by atoms with Crippen molar-refractivity contribution in [1.82, 2.24) is 20.2 Å². The summed E-state index contributed by atoms with van der Waals surface area (Å²) in [4.78, 5) is 22.4. The van der Waals surface area contributed by atoms with Gasteiger partial charge in [-0.3, -0.25) is 0 Å². The molecule has 1 amide bonds. The lowest BCUT2D eigenvalue weighted by atomic mass is 9.97. The van der Waals surface area contributed by atoms with Gasteiger partial charge in [-0.15, -0.1) is 0 Å². The lowest BCUT2D eigenvalue weighted by Crippen LogP contribution is -2.43. The van der Waals surface area contributed by atoms with Crippen molar-refractivity contribution in [3.05, 3.63) is 47.1 Å². The number of benzene rings is 1. The van der Waals surface area contributed by atoms with Gasteiger partial charge in [0.05, 0.1) is 16.4 Å². The molecule has 1 fully saturated rings. The monoisotopic (exact) mass is 449 g/mol. The first-order chi connectivity index (χ1) is 14.7. The zero-order valence-corrected chi connectivity index (χ0v) is 18.9. The fraction of sp³-hybridized carbons (Fsp3) is 0.500. The maximum Gasteiger partial charge on any atom is 0.410 e. The van der Waals surface area contributed by atoms with Crippen LogP contribution in [0.25, 0.3) is 0 Å². The number of piperidine rings is 1. The fourth-order valence-corrected chi connectivity index (χ4v) is 3.53. The van der Waals surface area contributed by atoms with Crippen LogP contribution < -0.4 is 10.6 Å². The number of amides is 1. The van der Waals surface area contributed by atoms with Crippen LogP contribution in [0.15, 0.2) is 30.6 Å². The van der Waals surface area contributed by atoms with Crippen LogP contribution in [0.3, 0.4) is 0 Å². The number of likely N-dealkylation sites (tertiary alicyclic amines) is 1. The minimum Gasteiger partial charge on any atom is -0.444 e. The Labute approximate surface area is 187 Å². The van der Waals surface area contributed by atoms with Crippen molar-refractivity contribution in [3.8, 4) is 0 Å². The largest absolute Gasteiger partial charge is 0.444 e. The number of hydrogen-bond acceptors (Lipinski definition) is 6. The molecule has 0 radical (unpaired) electrons. The molecular weight excluding hydrogens is 421 g/mol. The molecule has 0 unspecified atom stereocenters. The van der Waals surface area contributed by atoms with Gasteiger partial charge in [-0.2, -0.15) is 0 Å². The first kappa shape index (κ1) is 23.2. The summed E-state index contributed by atoms with van der Waals surface area (Å²) in [6.45, 7) is 8.44. The number of rotatable bonds is 6. The Morgan fingerprint density at radius 2 is 2.03 bits per heavy atom. The number of nitrogens with zero attached hydrogens (tertiary/aromatic N) is 3. The molecule has 1 aromatic heterocycles. The summed E-state index contributed by atoms with van der Waals surface area (Å²) in [5, 5.41) is 6.41. The third kappa shape index (κ3) is 7.04. The van der Waals surface area contributed by atoms with E-state index in [4.69, 9.17) is 16.3 Å². The number of aromatic nitrogens is 2. The van der Waals surface area contributed by atoms with E-state index in [-0.39, 0.29) is 16.8 Å². The summed E-state index contributed by atoms with van der Waals surface area (Å²) in [5.41, 5.74) is 0.590. The lowest BCUT2D eigenvalue weighted by Gasteiger charge is -2.33. The van der Waals surface area contributed by atoms with Crippen molar-refractivity contribution in [3.63, 3.8) is 0 Å². The molecule has 2 aromatic rings. The highest BCUT2D eigenvalue weighted by Crippen LogP contribution is 2.24. The molecule has 31 heavy (non-hydrogen) atoms. The third-order valence-electron chi connectivity index (χ3n) is 4.94. The van der Waals surface area contributed by atoms with E-state index in [1.807, 2.05) is 20.8 Å². The maximum atomic E-state index is 14.1. The van der Waals surface area contributed by atoms with Gasteiger partial charge in [0.2, 0.25) is 0 Å². The number of anilines is 2. The van der Waals surface area contributed by atoms with E-state index in [2.05, 4.69) is 20.6 Å². The number of nitrogens with one attached hydrogen (secondary N) is 2. The summed E-state index contributed by atoms with van der Waals surface area (Å²) in [7, 11) is 0. The maximum absolute atomic E-state index is 14.1. The summed E-state index contributed by atoms with van der Waals surface area (Å²) in [5.74, 6) is 0.470.